The van der Waals surface area contributed by atoms with E-state index in [1.807, 2.05) is 0 Å². The fourth-order valence-corrected chi connectivity index (χ4v) is 2.73. The van der Waals surface area contributed by atoms with Crippen LogP contribution in [0.15, 0.2) is 47.8 Å². The number of phenolic OH excluding ortho intramolecular Hbond substituents is 1. The van der Waals surface area contributed by atoms with Crippen LogP contribution in [0.2, 0.25) is 0 Å². The van der Waals surface area contributed by atoms with Crippen LogP contribution in [0.5, 0.6) is 11.5 Å². The maximum Gasteiger partial charge on any atom is 0.335 e. The summed E-state index contributed by atoms with van der Waals surface area (Å²) in [6, 6.07) is 10.7. The number of carboxylic acid groups (broad SMARTS) is 1. The van der Waals surface area contributed by atoms with Crippen molar-refractivity contribution in [2.24, 2.45) is 0 Å². The van der Waals surface area contributed by atoms with Gasteiger partial charge in [-0.2, -0.15) is 0 Å². The number of aromatic hydroxyl groups is 1. The lowest BCUT2D eigenvalue weighted by Crippen LogP contribution is -1.97. The molecule has 0 atom stereocenters. The second-order valence-electron chi connectivity index (χ2n) is 4.73. The van der Waals surface area contributed by atoms with E-state index in [0.717, 1.165) is 0 Å². The van der Waals surface area contributed by atoms with Gasteiger partial charge in [0.1, 0.15) is 5.75 Å². The van der Waals surface area contributed by atoms with Crippen molar-refractivity contribution in [3.8, 4) is 22.8 Å². The van der Waals surface area contributed by atoms with E-state index in [1.165, 1.54) is 35.6 Å². The summed E-state index contributed by atoms with van der Waals surface area (Å²) in [6.07, 6.45) is 0. The molecule has 3 rings (SSSR count). The highest BCUT2D eigenvalue weighted by Gasteiger charge is 2.08. The number of anilines is 2. The van der Waals surface area contributed by atoms with E-state index in [0.29, 0.717) is 22.1 Å². The average molecular weight is 327 g/mol. The standard InChI is InChI=1S/C16H12N2O4S/c19-13-5-4-9(7-14(13)20)12-8-23-16(18-12)17-11-3-1-2-10(6-11)15(21)22/h1-8,19-20H,(H,17,18)(H,21,22)/p-1. The quantitative estimate of drug-likeness (QED) is 0.680. The Morgan fingerprint density at radius 3 is 2.78 bits per heavy atom. The second kappa shape index (κ2) is 5.98. The first-order valence-electron chi connectivity index (χ1n) is 6.59. The minimum absolute atomic E-state index is 0.183. The minimum Gasteiger partial charge on any atom is -0.870 e. The average Bonchev–Trinajstić information content (AvgIpc) is 2.99. The van der Waals surface area contributed by atoms with Crippen molar-refractivity contribution >= 4 is 28.1 Å². The zero-order valence-electron chi connectivity index (χ0n) is 11.7. The number of nitrogens with zero attached hydrogens (tertiary/aromatic N) is 1. The Morgan fingerprint density at radius 1 is 1.22 bits per heavy atom. The molecular formula is C16H11N2O4S-. The molecule has 2 aromatic carbocycles. The van der Waals surface area contributed by atoms with Crippen molar-refractivity contribution < 1.29 is 20.1 Å². The van der Waals surface area contributed by atoms with Crippen LogP contribution < -0.4 is 10.4 Å². The molecule has 0 saturated carbocycles. The molecule has 0 aliphatic carbocycles. The third kappa shape index (κ3) is 3.24. The molecule has 0 aliphatic heterocycles. The van der Waals surface area contributed by atoms with Gasteiger partial charge in [0, 0.05) is 16.6 Å². The van der Waals surface area contributed by atoms with Crippen molar-refractivity contribution in [3.63, 3.8) is 0 Å². The first-order valence-corrected chi connectivity index (χ1v) is 7.47. The summed E-state index contributed by atoms with van der Waals surface area (Å²) in [5.74, 6) is -1.76. The highest BCUT2D eigenvalue weighted by atomic mass is 32.1. The van der Waals surface area contributed by atoms with E-state index in [1.54, 1.807) is 23.6 Å². The zero-order chi connectivity index (χ0) is 16.4. The van der Waals surface area contributed by atoms with Gasteiger partial charge < -0.3 is 20.6 Å². The Kier molecular flexibility index (Phi) is 3.86. The molecule has 1 aromatic heterocycles. The van der Waals surface area contributed by atoms with Crippen molar-refractivity contribution in [1.82, 2.24) is 4.98 Å². The minimum atomic E-state index is -0.998. The lowest BCUT2D eigenvalue weighted by atomic mass is 10.1. The molecule has 0 aliphatic rings. The van der Waals surface area contributed by atoms with E-state index in [4.69, 9.17) is 5.11 Å². The summed E-state index contributed by atoms with van der Waals surface area (Å²) in [5, 5.41) is 35.1. The number of benzene rings is 2. The molecule has 0 saturated heterocycles. The van der Waals surface area contributed by atoms with Gasteiger partial charge in [-0.1, -0.05) is 23.9 Å². The topological polar surface area (TPSA) is 106 Å². The van der Waals surface area contributed by atoms with Gasteiger partial charge in [-0.05, 0) is 24.3 Å². The Bertz CT molecular complexity index is 876. The molecule has 3 N–H and O–H groups in total. The summed E-state index contributed by atoms with van der Waals surface area (Å²) in [7, 11) is 0. The zero-order valence-corrected chi connectivity index (χ0v) is 12.5. The number of thiazole rings is 1. The molecule has 0 fully saturated rings. The Hall–Kier alpha value is -3.06. The number of hydrogen-bond acceptors (Lipinski definition) is 6. The molecule has 7 heteroatoms. The molecule has 0 spiro atoms. The number of phenols is 1. The lowest BCUT2D eigenvalue weighted by Gasteiger charge is -2.08. The fraction of sp³-hybridized carbons (Fsp3) is 0. The SMILES string of the molecule is O=C(O)c1cccc(Nc2nc(-c3ccc([O-])c(O)c3)cs2)c1. The molecule has 3 aromatic rings. The monoisotopic (exact) mass is 327 g/mol. The molecule has 0 amide bonds. The summed E-state index contributed by atoms with van der Waals surface area (Å²) in [4.78, 5) is 15.3. The Morgan fingerprint density at radius 2 is 2.04 bits per heavy atom. The maximum atomic E-state index is 11.2. The van der Waals surface area contributed by atoms with Crippen LogP contribution >= 0.6 is 11.3 Å². The smallest absolute Gasteiger partial charge is 0.335 e. The van der Waals surface area contributed by atoms with E-state index < -0.39 is 11.7 Å². The third-order valence-corrected chi connectivity index (χ3v) is 3.88. The number of hydrogen-bond donors (Lipinski definition) is 3. The lowest BCUT2D eigenvalue weighted by molar-refractivity contribution is -0.270. The highest BCUT2D eigenvalue weighted by molar-refractivity contribution is 7.14. The number of aromatic nitrogens is 1. The van der Waals surface area contributed by atoms with Crippen molar-refractivity contribution in [1.29, 1.82) is 0 Å². The third-order valence-electron chi connectivity index (χ3n) is 3.12. The van der Waals surface area contributed by atoms with Crippen LogP contribution in [0.4, 0.5) is 10.8 Å². The molecular weight excluding hydrogens is 316 g/mol. The van der Waals surface area contributed by atoms with Gasteiger partial charge in [0.2, 0.25) is 0 Å². The van der Waals surface area contributed by atoms with E-state index >= 15 is 0 Å². The predicted molar refractivity (Wildman–Crippen MR) is 85.3 cm³/mol. The number of carbonyl (C=O) groups is 1. The second-order valence-corrected chi connectivity index (χ2v) is 5.59. The number of aromatic carboxylic acids is 1. The van der Waals surface area contributed by atoms with Crippen molar-refractivity contribution in [2.45, 2.75) is 0 Å². The Balaban J connectivity index is 1.83. The first-order chi connectivity index (χ1) is 11.0. The van der Waals surface area contributed by atoms with Gasteiger partial charge in [0.15, 0.2) is 5.13 Å². The summed E-state index contributed by atoms with van der Waals surface area (Å²) in [6.45, 7) is 0. The summed E-state index contributed by atoms with van der Waals surface area (Å²) < 4.78 is 0. The number of nitrogens with one attached hydrogen (secondary N) is 1. The van der Waals surface area contributed by atoms with Crippen LogP contribution in [0.25, 0.3) is 11.3 Å². The van der Waals surface area contributed by atoms with E-state index in [9.17, 15) is 15.0 Å². The molecule has 0 unspecified atom stereocenters. The van der Waals surface area contributed by atoms with Crippen molar-refractivity contribution in [3.05, 3.63) is 53.4 Å². The van der Waals surface area contributed by atoms with Crippen LogP contribution in [-0.4, -0.2) is 21.2 Å². The van der Waals surface area contributed by atoms with Crippen LogP contribution in [-0.2, 0) is 0 Å². The van der Waals surface area contributed by atoms with Crippen LogP contribution in [0.1, 0.15) is 10.4 Å². The van der Waals surface area contributed by atoms with E-state index in [-0.39, 0.29) is 11.3 Å². The van der Waals surface area contributed by atoms with Gasteiger partial charge in [0.25, 0.3) is 0 Å². The predicted octanol–water partition coefficient (Wildman–Crippen LogP) is 3.03. The molecule has 6 nitrogen and oxygen atoms in total. The largest absolute Gasteiger partial charge is 0.870 e. The van der Waals surface area contributed by atoms with E-state index in [2.05, 4.69) is 10.3 Å². The normalized spacial score (nSPS) is 10.4. The molecule has 0 radical (unpaired) electrons. The first kappa shape index (κ1) is 14.9. The van der Waals surface area contributed by atoms with Gasteiger partial charge >= 0.3 is 5.97 Å². The molecule has 1 heterocycles. The van der Waals surface area contributed by atoms with Gasteiger partial charge in [-0.3, -0.25) is 0 Å². The summed E-state index contributed by atoms with van der Waals surface area (Å²) >= 11 is 1.33. The van der Waals surface area contributed by atoms with Gasteiger partial charge in [-0.15, -0.1) is 11.3 Å². The van der Waals surface area contributed by atoms with Crippen molar-refractivity contribution in [2.75, 3.05) is 5.32 Å². The van der Waals surface area contributed by atoms with Crippen LogP contribution in [0.3, 0.4) is 0 Å². The van der Waals surface area contributed by atoms with Gasteiger partial charge in [-0.25, -0.2) is 9.78 Å². The highest BCUT2D eigenvalue weighted by Crippen LogP contribution is 2.31. The fourth-order valence-electron chi connectivity index (χ4n) is 1.99. The van der Waals surface area contributed by atoms with Gasteiger partial charge in [0.05, 0.1) is 11.3 Å². The summed E-state index contributed by atoms with van der Waals surface area (Å²) in [5.41, 5.74) is 2.04. The Labute approximate surface area is 135 Å². The van der Waals surface area contributed by atoms with Crippen LogP contribution in [0, 0.1) is 0 Å². The molecule has 0 bridgehead atoms. The molecule has 23 heavy (non-hydrogen) atoms. The number of rotatable bonds is 4. The number of carboxylic acids is 1. The maximum absolute atomic E-state index is 11.2. The molecule has 116 valence electrons.